The lowest BCUT2D eigenvalue weighted by molar-refractivity contribution is -0.284. The Labute approximate surface area is 109 Å². The monoisotopic (exact) mass is 287 g/mol. The highest BCUT2D eigenvalue weighted by atomic mass is 19.4. The van der Waals surface area contributed by atoms with Gasteiger partial charge in [-0.1, -0.05) is 19.8 Å². The lowest BCUT2D eigenvalue weighted by atomic mass is 10.1. The number of hydrogen-bond donors (Lipinski definition) is 0. The van der Waals surface area contributed by atoms with Gasteiger partial charge in [-0.2, -0.15) is 27.2 Å². The first kappa shape index (κ1) is 18.1. The molecule has 0 rings (SSSR count). The van der Waals surface area contributed by atoms with E-state index in [4.69, 9.17) is 10.00 Å². The highest BCUT2D eigenvalue weighted by molar-refractivity contribution is 4.82. The molecular formula is C12H18F5NO. The standard InChI is InChI=1S/C12H18F5NO/c1-2-10(9-18)19-8-6-4-3-5-7-11(13,14)12(15,16)17/h10H,2-8H2,1H3. The fourth-order valence-corrected chi connectivity index (χ4v) is 1.42. The number of unbranched alkanes of at least 4 members (excludes halogenated alkanes) is 3. The zero-order chi connectivity index (χ0) is 14.9. The van der Waals surface area contributed by atoms with Gasteiger partial charge in [0.25, 0.3) is 0 Å². The lowest BCUT2D eigenvalue weighted by Crippen LogP contribution is -2.36. The van der Waals surface area contributed by atoms with Gasteiger partial charge in [-0.15, -0.1) is 0 Å². The molecule has 0 aliphatic carbocycles. The molecule has 1 atom stereocenters. The quantitative estimate of drug-likeness (QED) is 0.463. The van der Waals surface area contributed by atoms with Crippen LogP contribution in [0.15, 0.2) is 0 Å². The van der Waals surface area contributed by atoms with Crippen LogP contribution in [0.3, 0.4) is 0 Å². The zero-order valence-corrected chi connectivity index (χ0v) is 10.8. The predicted octanol–water partition coefficient (Wildman–Crippen LogP) is 4.45. The lowest BCUT2D eigenvalue weighted by Gasteiger charge is -2.19. The van der Waals surface area contributed by atoms with Crippen molar-refractivity contribution >= 4 is 0 Å². The Morgan fingerprint density at radius 2 is 1.63 bits per heavy atom. The normalized spacial score (nSPS) is 14.2. The topological polar surface area (TPSA) is 33.0 Å². The molecule has 0 aromatic carbocycles. The Balaban J connectivity index is 3.60. The third-order valence-electron chi connectivity index (χ3n) is 2.63. The Kier molecular flexibility index (Phi) is 7.91. The third kappa shape index (κ3) is 7.31. The third-order valence-corrected chi connectivity index (χ3v) is 2.63. The number of hydrogen-bond acceptors (Lipinski definition) is 2. The molecule has 0 heterocycles. The first-order valence-electron chi connectivity index (χ1n) is 6.20. The SMILES string of the molecule is CCC(C#N)OCCCCCCC(F)(F)C(F)(F)F. The highest BCUT2D eigenvalue weighted by Gasteiger charge is 2.56. The fourth-order valence-electron chi connectivity index (χ4n) is 1.42. The molecule has 0 saturated heterocycles. The number of nitriles is 1. The summed E-state index contributed by atoms with van der Waals surface area (Å²) in [7, 11) is 0. The van der Waals surface area contributed by atoms with Gasteiger partial charge in [0.15, 0.2) is 0 Å². The van der Waals surface area contributed by atoms with E-state index in [1.807, 2.05) is 6.07 Å². The van der Waals surface area contributed by atoms with Gasteiger partial charge in [-0.3, -0.25) is 0 Å². The van der Waals surface area contributed by atoms with E-state index in [0.717, 1.165) is 0 Å². The first-order chi connectivity index (χ1) is 8.74. The minimum Gasteiger partial charge on any atom is -0.363 e. The van der Waals surface area contributed by atoms with Crippen molar-refractivity contribution in [2.75, 3.05) is 6.61 Å². The van der Waals surface area contributed by atoms with Gasteiger partial charge >= 0.3 is 12.1 Å². The maximum atomic E-state index is 12.5. The Hall–Kier alpha value is -0.900. The molecular weight excluding hydrogens is 269 g/mol. The van der Waals surface area contributed by atoms with Crippen LogP contribution >= 0.6 is 0 Å². The Bertz CT molecular complexity index is 285. The summed E-state index contributed by atoms with van der Waals surface area (Å²) in [5.41, 5.74) is 0. The van der Waals surface area contributed by atoms with Crippen LogP contribution in [-0.4, -0.2) is 24.8 Å². The van der Waals surface area contributed by atoms with Crippen molar-refractivity contribution < 1.29 is 26.7 Å². The van der Waals surface area contributed by atoms with Crippen LogP contribution in [0, 0.1) is 11.3 Å². The molecule has 0 aromatic heterocycles. The van der Waals surface area contributed by atoms with E-state index in [-0.39, 0.29) is 6.42 Å². The van der Waals surface area contributed by atoms with E-state index in [2.05, 4.69) is 0 Å². The minimum atomic E-state index is -5.46. The van der Waals surface area contributed by atoms with Gasteiger partial charge in [-0.25, -0.2) is 0 Å². The number of halogens is 5. The maximum Gasteiger partial charge on any atom is 0.453 e. The molecule has 0 aliphatic heterocycles. The van der Waals surface area contributed by atoms with Crippen LogP contribution in [-0.2, 0) is 4.74 Å². The summed E-state index contributed by atoms with van der Waals surface area (Å²) in [6.45, 7) is 2.12. The first-order valence-corrected chi connectivity index (χ1v) is 6.20. The molecule has 0 amide bonds. The summed E-state index contributed by atoms with van der Waals surface area (Å²) in [6, 6.07) is 1.94. The molecule has 112 valence electrons. The zero-order valence-electron chi connectivity index (χ0n) is 10.8. The van der Waals surface area contributed by atoms with E-state index in [1.54, 1.807) is 6.92 Å². The molecule has 0 radical (unpaired) electrons. The summed E-state index contributed by atoms with van der Waals surface area (Å²) in [4.78, 5) is 0. The van der Waals surface area contributed by atoms with Crippen LogP contribution < -0.4 is 0 Å². The molecule has 7 heteroatoms. The van der Waals surface area contributed by atoms with E-state index in [9.17, 15) is 22.0 Å². The summed E-state index contributed by atoms with van der Waals surface area (Å²) in [5.74, 6) is -4.60. The van der Waals surface area contributed by atoms with E-state index >= 15 is 0 Å². The van der Waals surface area contributed by atoms with Gasteiger partial charge < -0.3 is 4.74 Å². The fraction of sp³-hybridized carbons (Fsp3) is 0.917. The van der Waals surface area contributed by atoms with Crippen molar-refractivity contribution in [3.8, 4) is 6.07 Å². The molecule has 19 heavy (non-hydrogen) atoms. The summed E-state index contributed by atoms with van der Waals surface area (Å²) >= 11 is 0. The van der Waals surface area contributed by atoms with Crippen molar-refractivity contribution in [1.29, 1.82) is 5.26 Å². The maximum absolute atomic E-state index is 12.5. The minimum absolute atomic E-state index is 0.179. The smallest absolute Gasteiger partial charge is 0.363 e. The van der Waals surface area contributed by atoms with Crippen molar-refractivity contribution in [2.45, 2.75) is 63.7 Å². The highest BCUT2D eigenvalue weighted by Crippen LogP contribution is 2.39. The van der Waals surface area contributed by atoms with Gasteiger partial charge in [-0.05, 0) is 19.3 Å². The largest absolute Gasteiger partial charge is 0.453 e. The number of ether oxygens (including phenoxy) is 1. The van der Waals surface area contributed by atoms with Gasteiger partial charge in [0.05, 0.1) is 6.07 Å². The molecule has 0 fully saturated rings. The Morgan fingerprint density at radius 1 is 1.05 bits per heavy atom. The van der Waals surface area contributed by atoms with Gasteiger partial charge in [0.2, 0.25) is 0 Å². The second-order valence-corrected chi connectivity index (χ2v) is 4.26. The Morgan fingerprint density at radius 3 is 2.11 bits per heavy atom. The molecule has 0 aromatic rings. The predicted molar refractivity (Wildman–Crippen MR) is 59.7 cm³/mol. The van der Waals surface area contributed by atoms with Gasteiger partial charge in [0, 0.05) is 13.0 Å². The average Bonchev–Trinajstić information content (AvgIpc) is 2.31. The van der Waals surface area contributed by atoms with Crippen LogP contribution in [0.5, 0.6) is 0 Å². The van der Waals surface area contributed by atoms with E-state index in [1.165, 1.54) is 0 Å². The second-order valence-electron chi connectivity index (χ2n) is 4.26. The van der Waals surface area contributed by atoms with Crippen molar-refractivity contribution in [1.82, 2.24) is 0 Å². The molecule has 2 nitrogen and oxygen atoms in total. The molecule has 0 aliphatic rings. The number of alkyl halides is 5. The van der Waals surface area contributed by atoms with Gasteiger partial charge in [0.1, 0.15) is 6.10 Å². The van der Waals surface area contributed by atoms with Crippen LogP contribution in [0.4, 0.5) is 22.0 Å². The molecule has 0 N–H and O–H groups in total. The van der Waals surface area contributed by atoms with Crippen molar-refractivity contribution in [2.24, 2.45) is 0 Å². The van der Waals surface area contributed by atoms with E-state index in [0.29, 0.717) is 32.3 Å². The number of nitrogens with zero attached hydrogens (tertiary/aromatic N) is 1. The van der Waals surface area contributed by atoms with Crippen molar-refractivity contribution in [3.63, 3.8) is 0 Å². The molecule has 1 unspecified atom stereocenters. The summed E-state index contributed by atoms with van der Waals surface area (Å²) in [6.07, 6.45) is -5.38. The summed E-state index contributed by atoms with van der Waals surface area (Å²) < 4.78 is 65.7. The van der Waals surface area contributed by atoms with Crippen LogP contribution in [0.1, 0.15) is 45.4 Å². The molecule has 0 spiro atoms. The van der Waals surface area contributed by atoms with E-state index < -0.39 is 24.6 Å². The average molecular weight is 287 g/mol. The molecule has 0 bridgehead atoms. The van der Waals surface area contributed by atoms with Crippen molar-refractivity contribution in [3.05, 3.63) is 0 Å². The van der Waals surface area contributed by atoms with Crippen LogP contribution in [0.2, 0.25) is 0 Å². The molecule has 0 saturated carbocycles. The second kappa shape index (κ2) is 8.31. The number of rotatable bonds is 9. The van der Waals surface area contributed by atoms with Crippen LogP contribution in [0.25, 0.3) is 0 Å². The summed E-state index contributed by atoms with van der Waals surface area (Å²) in [5, 5.41) is 8.57.